The second-order valence-electron chi connectivity index (χ2n) is 11.5. The summed E-state index contributed by atoms with van der Waals surface area (Å²) in [6.07, 6.45) is 12.1. The van der Waals surface area contributed by atoms with Gasteiger partial charge in [-0.2, -0.15) is 0 Å². The number of pyridine rings is 1. The van der Waals surface area contributed by atoms with Crippen LogP contribution in [0.4, 0.5) is 5.82 Å². The molecule has 1 atom stereocenters. The Bertz CT molecular complexity index is 938. The van der Waals surface area contributed by atoms with Gasteiger partial charge in [-0.15, -0.1) is 11.8 Å². The fourth-order valence-corrected chi connectivity index (χ4v) is 9.00. The zero-order valence-electron chi connectivity index (χ0n) is 20.4. The third-order valence-electron chi connectivity index (χ3n) is 9.11. The summed E-state index contributed by atoms with van der Waals surface area (Å²) in [4.78, 5) is 31.6. The summed E-state index contributed by atoms with van der Waals surface area (Å²) in [5.41, 5.74) is 0.720. The van der Waals surface area contributed by atoms with Crippen molar-refractivity contribution in [2.75, 3.05) is 24.6 Å². The zero-order chi connectivity index (χ0) is 23.9. The monoisotopic (exact) mass is 499 g/mol. The van der Waals surface area contributed by atoms with Gasteiger partial charge in [0.15, 0.2) is 0 Å². The molecule has 1 aliphatic heterocycles. The predicted octanol–water partition coefficient (Wildman–Crippen LogP) is 4.35. The van der Waals surface area contributed by atoms with Crippen LogP contribution >= 0.6 is 11.8 Å². The van der Waals surface area contributed by atoms with E-state index >= 15 is 0 Å². The van der Waals surface area contributed by atoms with Gasteiger partial charge in [-0.1, -0.05) is 12.8 Å². The minimum absolute atomic E-state index is 0.0473. The standard InChI is InChI=1S/C27H37N3O4S/c31-24(32)15-34-20-7-8-30(14-20)23-6-5-22(27(28-23)35-21-3-1-2-4-21)26(33)29-25-18-10-16-9-17(12-18)13-19(25)11-16/h5-6,16-21,25H,1-4,7-15H2,(H,29,33)(H,31,32). The van der Waals surface area contributed by atoms with Crippen LogP contribution in [0, 0.1) is 23.7 Å². The Kier molecular flexibility index (Phi) is 6.69. The Morgan fingerprint density at radius 3 is 2.46 bits per heavy atom. The van der Waals surface area contributed by atoms with Crippen LogP contribution in [0.15, 0.2) is 17.2 Å². The minimum Gasteiger partial charge on any atom is -0.480 e. The Labute approximate surface area is 211 Å². The van der Waals surface area contributed by atoms with Crippen LogP contribution < -0.4 is 10.2 Å². The molecular formula is C27H37N3O4S. The SMILES string of the molecule is O=C(O)COC1CCN(c2ccc(C(=O)NC3C4CC5CC(C4)CC3C5)c(SC3CCCC3)n2)C1. The van der Waals surface area contributed by atoms with E-state index < -0.39 is 5.97 Å². The van der Waals surface area contributed by atoms with Crippen LogP contribution in [0.3, 0.4) is 0 Å². The van der Waals surface area contributed by atoms with E-state index in [4.69, 9.17) is 14.8 Å². The number of carboxylic acids is 1. The summed E-state index contributed by atoms with van der Waals surface area (Å²) >= 11 is 1.78. The number of anilines is 1. The van der Waals surface area contributed by atoms with Gasteiger partial charge in [0.1, 0.15) is 17.5 Å². The predicted molar refractivity (Wildman–Crippen MR) is 135 cm³/mol. The molecule has 0 spiro atoms. The second kappa shape index (κ2) is 9.92. The van der Waals surface area contributed by atoms with Crippen molar-refractivity contribution in [3.8, 4) is 0 Å². The van der Waals surface area contributed by atoms with Gasteiger partial charge in [0.25, 0.3) is 5.91 Å². The zero-order valence-corrected chi connectivity index (χ0v) is 21.2. The fourth-order valence-electron chi connectivity index (χ4n) is 7.68. The smallest absolute Gasteiger partial charge is 0.329 e. The van der Waals surface area contributed by atoms with Crippen molar-refractivity contribution in [1.29, 1.82) is 0 Å². The van der Waals surface area contributed by atoms with Crippen LogP contribution in [-0.2, 0) is 9.53 Å². The highest BCUT2D eigenvalue weighted by atomic mass is 32.2. The Morgan fingerprint density at radius 2 is 1.77 bits per heavy atom. The maximum absolute atomic E-state index is 13.6. The van der Waals surface area contributed by atoms with Crippen LogP contribution in [0.25, 0.3) is 0 Å². The number of rotatable bonds is 8. The summed E-state index contributed by atoms with van der Waals surface area (Å²) in [5.74, 6) is 3.06. The number of hydrogen-bond acceptors (Lipinski definition) is 6. The normalized spacial score (nSPS) is 34.0. The molecule has 2 heterocycles. The first kappa shape index (κ1) is 23.6. The average Bonchev–Trinajstić information content (AvgIpc) is 3.52. The molecule has 5 saturated carbocycles. The number of aromatic nitrogens is 1. The van der Waals surface area contributed by atoms with Crippen LogP contribution in [0.5, 0.6) is 0 Å². The van der Waals surface area contributed by atoms with Crippen LogP contribution in [0.1, 0.15) is 74.6 Å². The first-order valence-electron chi connectivity index (χ1n) is 13.6. The lowest BCUT2D eigenvalue weighted by Crippen LogP contribution is -2.55. The number of carbonyl (C=O) groups is 2. The third-order valence-corrected chi connectivity index (χ3v) is 10.4. The lowest BCUT2D eigenvalue weighted by Gasteiger charge is -2.54. The first-order chi connectivity index (χ1) is 17.0. The lowest BCUT2D eigenvalue weighted by atomic mass is 9.54. The number of ether oxygens (including phenoxy) is 1. The molecule has 0 aromatic carbocycles. The van der Waals surface area contributed by atoms with E-state index in [0.29, 0.717) is 29.7 Å². The summed E-state index contributed by atoms with van der Waals surface area (Å²) in [5, 5.41) is 13.8. The number of carboxylic acid groups (broad SMARTS) is 1. The number of nitrogens with zero attached hydrogens (tertiary/aromatic N) is 2. The molecule has 0 radical (unpaired) electrons. The van der Waals surface area contributed by atoms with Gasteiger partial charge in [-0.25, -0.2) is 9.78 Å². The molecule has 1 saturated heterocycles. The second-order valence-corrected chi connectivity index (χ2v) is 12.8. The molecule has 8 heteroatoms. The molecule has 35 heavy (non-hydrogen) atoms. The number of thioether (sulfide) groups is 1. The number of hydrogen-bond donors (Lipinski definition) is 2. The molecule has 5 aliphatic carbocycles. The van der Waals surface area contributed by atoms with E-state index in [1.807, 2.05) is 12.1 Å². The van der Waals surface area contributed by atoms with Crippen LogP contribution in [0.2, 0.25) is 0 Å². The van der Waals surface area contributed by atoms with Gasteiger partial charge < -0.3 is 20.1 Å². The van der Waals surface area contributed by atoms with Crippen molar-refractivity contribution in [2.45, 2.75) is 86.6 Å². The van der Waals surface area contributed by atoms with E-state index in [1.165, 1.54) is 57.8 Å². The highest BCUT2D eigenvalue weighted by Crippen LogP contribution is 2.53. The van der Waals surface area contributed by atoms with Crippen molar-refractivity contribution in [3.05, 3.63) is 17.7 Å². The van der Waals surface area contributed by atoms with Gasteiger partial charge in [-0.05, 0) is 87.2 Å². The molecule has 6 fully saturated rings. The van der Waals surface area contributed by atoms with Crippen molar-refractivity contribution in [3.63, 3.8) is 0 Å². The highest BCUT2D eigenvalue weighted by Gasteiger charge is 2.48. The lowest BCUT2D eigenvalue weighted by molar-refractivity contribution is -0.143. The summed E-state index contributed by atoms with van der Waals surface area (Å²) in [7, 11) is 0. The summed E-state index contributed by atoms with van der Waals surface area (Å²) in [6.45, 7) is 1.15. The Balaban J connectivity index is 1.18. The number of nitrogens with one attached hydrogen (secondary N) is 1. The maximum Gasteiger partial charge on any atom is 0.329 e. The fraction of sp³-hybridized carbons (Fsp3) is 0.741. The molecule has 4 bridgehead atoms. The van der Waals surface area contributed by atoms with E-state index in [1.54, 1.807) is 11.8 Å². The average molecular weight is 500 g/mol. The summed E-state index contributed by atoms with van der Waals surface area (Å²) < 4.78 is 5.51. The van der Waals surface area contributed by atoms with Crippen molar-refractivity contribution in [2.24, 2.45) is 23.7 Å². The van der Waals surface area contributed by atoms with E-state index in [2.05, 4.69) is 10.2 Å². The molecule has 2 N–H and O–H groups in total. The highest BCUT2D eigenvalue weighted by molar-refractivity contribution is 7.99. The largest absolute Gasteiger partial charge is 0.480 e. The van der Waals surface area contributed by atoms with E-state index in [9.17, 15) is 9.59 Å². The van der Waals surface area contributed by atoms with Gasteiger partial charge >= 0.3 is 5.97 Å². The van der Waals surface area contributed by atoms with Gasteiger partial charge in [0.2, 0.25) is 0 Å². The van der Waals surface area contributed by atoms with Crippen LogP contribution in [-0.4, -0.2) is 59.1 Å². The molecule has 1 unspecified atom stereocenters. The van der Waals surface area contributed by atoms with Gasteiger partial charge in [0, 0.05) is 24.4 Å². The number of aliphatic carboxylic acids is 1. The van der Waals surface area contributed by atoms with Crippen molar-refractivity contribution >= 4 is 29.5 Å². The molecule has 1 aromatic rings. The molecule has 1 aromatic heterocycles. The topological polar surface area (TPSA) is 91.8 Å². The van der Waals surface area contributed by atoms with Gasteiger partial charge in [0.05, 0.1) is 11.7 Å². The Morgan fingerprint density at radius 1 is 1.06 bits per heavy atom. The van der Waals surface area contributed by atoms with Crippen molar-refractivity contribution in [1.82, 2.24) is 10.3 Å². The maximum atomic E-state index is 13.6. The molecule has 7 rings (SSSR count). The Hall–Kier alpha value is -1.80. The molecule has 6 aliphatic rings. The molecular weight excluding hydrogens is 462 g/mol. The number of amides is 1. The van der Waals surface area contributed by atoms with E-state index in [0.717, 1.165) is 41.2 Å². The van der Waals surface area contributed by atoms with Gasteiger partial charge in [-0.3, -0.25) is 4.79 Å². The quantitative estimate of drug-likeness (QED) is 0.549. The minimum atomic E-state index is -0.939. The van der Waals surface area contributed by atoms with Crippen molar-refractivity contribution < 1.29 is 19.4 Å². The van der Waals surface area contributed by atoms with E-state index in [-0.39, 0.29) is 18.6 Å². The molecule has 1 amide bonds. The molecule has 7 nitrogen and oxygen atoms in total. The summed E-state index contributed by atoms with van der Waals surface area (Å²) in [6, 6.07) is 4.26. The first-order valence-corrected chi connectivity index (χ1v) is 14.5. The number of carbonyl (C=O) groups excluding carboxylic acids is 1. The third kappa shape index (κ3) is 5.06. The molecule has 190 valence electrons.